The molecule has 2 aliphatic heterocycles. The predicted molar refractivity (Wildman–Crippen MR) is 217 cm³/mol. The number of para-hydroxylation sites is 7. The predicted octanol–water partition coefficient (Wildman–Crippen LogP) is 12.3. The van der Waals surface area contributed by atoms with E-state index in [1.807, 2.05) is 10.9 Å². The van der Waals surface area contributed by atoms with Gasteiger partial charge in [0.1, 0.15) is 5.69 Å². The highest BCUT2D eigenvalue weighted by Gasteiger charge is 2.36. The zero-order valence-corrected chi connectivity index (χ0v) is 29.5. The van der Waals surface area contributed by atoms with Gasteiger partial charge in [-0.25, -0.2) is 4.68 Å². The summed E-state index contributed by atoms with van der Waals surface area (Å²) in [7, 11) is 0. The van der Waals surface area contributed by atoms with Crippen LogP contribution in [0.3, 0.4) is 0 Å². The monoisotopic (exact) mass is 684 g/mol. The topological polar surface area (TPSA) is 40.4 Å². The van der Waals surface area contributed by atoms with E-state index in [9.17, 15) is 0 Å². The molecule has 6 heteroatoms. The Hall–Kier alpha value is -6.92. The molecule has 2 aliphatic rings. The first kappa shape index (κ1) is 30.9. The molecular weight excluding hydrogens is 649 g/mol. The quantitative estimate of drug-likeness (QED) is 0.180. The summed E-state index contributed by atoms with van der Waals surface area (Å²) >= 11 is 0. The highest BCUT2D eigenvalue weighted by Crippen LogP contribution is 2.54. The van der Waals surface area contributed by atoms with Crippen molar-refractivity contribution in [3.05, 3.63) is 193 Å². The molecule has 3 heterocycles. The maximum absolute atomic E-state index is 4.59. The lowest BCUT2D eigenvalue weighted by Gasteiger charge is -2.42. The molecule has 0 bridgehead atoms. The van der Waals surface area contributed by atoms with Gasteiger partial charge in [0.25, 0.3) is 0 Å². The minimum absolute atomic E-state index is 0.0906. The standard InChI is InChI=1S/C47H36N6/c1-47(2)38-16-6-8-18-41(38)51(42-19-9-7-17-39(42)47)36-26-24-33(25-27-36)40-32-50(49-48-40)34-28-30-37(31-29-34)53-45-22-12-10-20-43(45)52(35-14-4-3-5-15-35)44-21-11-13-23-46(44)53/h3-32H,1-2H3. The van der Waals surface area contributed by atoms with Crippen LogP contribution in [0.15, 0.2) is 182 Å². The van der Waals surface area contributed by atoms with E-state index in [2.05, 4.69) is 215 Å². The normalized spacial score (nSPS) is 13.9. The van der Waals surface area contributed by atoms with Crippen LogP contribution in [0, 0.1) is 0 Å². The lowest BCUT2D eigenvalue weighted by atomic mass is 9.73. The van der Waals surface area contributed by atoms with Crippen molar-refractivity contribution < 1.29 is 0 Å². The van der Waals surface area contributed by atoms with Gasteiger partial charge in [0.2, 0.25) is 0 Å². The highest BCUT2D eigenvalue weighted by molar-refractivity contribution is 6.01. The lowest BCUT2D eigenvalue weighted by Crippen LogP contribution is -2.30. The zero-order valence-electron chi connectivity index (χ0n) is 29.5. The third-order valence-electron chi connectivity index (χ3n) is 10.7. The van der Waals surface area contributed by atoms with Gasteiger partial charge in [-0.3, -0.25) is 0 Å². The van der Waals surface area contributed by atoms with Crippen molar-refractivity contribution in [1.29, 1.82) is 0 Å². The first-order chi connectivity index (χ1) is 26.1. The molecule has 6 nitrogen and oxygen atoms in total. The maximum atomic E-state index is 4.59. The van der Waals surface area contributed by atoms with E-state index in [4.69, 9.17) is 0 Å². The van der Waals surface area contributed by atoms with Crippen LogP contribution < -0.4 is 14.7 Å². The second kappa shape index (κ2) is 12.1. The Balaban J connectivity index is 0.948. The minimum atomic E-state index is -0.0906. The Kier molecular flexibility index (Phi) is 7.05. The minimum Gasteiger partial charge on any atom is -0.310 e. The summed E-state index contributed by atoms with van der Waals surface area (Å²) in [5.41, 5.74) is 15.6. The third kappa shape index (κ3) is 4.94. The van der Waals surface area contributed by atoms with E-state index in [0.29, 0.717) is 0 Å². The summed E-state index contributed by atoms with van der Waals surface area (Å²) < 4.78 is 1.85. The molecule has 0 unspecified atom stereocenters. The van der Waals surface area contributed by atoms with Crippen LogP contribution in [0.5, 0.6) is 0 Å². The Morgan fingerprint density at radius 2 is 0.755 bits per heavy atom. The van der Waals surface area contributed by atoms with Gasteiger partial charge < -0.3 is 14.7 Å². The summed E-state index contributed by atoms with van der Waals surface area (Å²) in [5, 5.41) is 9.13. The number of hydrogen-bond acceptors (Lipinski definition) is 5. The molecule has 8 aromatic rings. The molecule has 0 spiro atoms. The molecule has 0 amide bonds. The Morgan fingerprint density at radius 1 is 0.377 bits per heavy atom. The lowest BCUT2D eigenvalue weighted by molar-refractivity contribution is 0.632. The zero-order chi connectivity index (χ0) is 35.5. The molecule has 0 saturated heterocycles. The fraction of sp³-hybridized carbons (Fsp3) is 0.0638. The van der Waals surface area contributed by atoms with Gasteiger partial charge in [-0.15, -0.1) is 5.10 Å². The smallest absolute Gasteiger partial charge is 0.113 e. The van der Waals surface area contributed by atoms with Crippen LogP contribution in [0.2, 0.25) is 0 Å². The van der Waals surface area contributed by atoms with Gasteiger partial charge in [-0.1, -0.05) is 110 Å². The first-order valence-corrected chi connectivity index (χ1v) is 18.0. The molecule has 0 aliphatic carbocycles. The van der Waals surface area contributed by atoms with E-state index >= 15 is 0 Å². The Labute approximate surface area is 309 Å². The van der Waals surface area contributed by atoms with Crippen molar-refractivity contribution in [1.82, 2.24) is 15.0 Å². The van der Waals surface area contributed by atoms with Crippen LogP contribution >= 0.6 is 0 Å². The van der Waals surface area contributed by atoms with Crippen molar-refractivity contribution in [2.24, 2.45) is 0 Å². The maximum Gasteiger partial charge on any atom is 0.113 e. The van der Waals surface area contributed by atoms with Crippen molar-refractivity contribution in [2.45, 2.75) is 19.3 Å². The summed E-state index contributed by atoms with van der Waals surface area (Å²) in [6, 6.07) is 62.4. The van der Waals surface area contributed by atoms with Gasteiger partial charge in [-0.2, -0.15) is 0 Å². The molecular formula is C47H36N6. The number of hydrogen-bond donors (Lipinski definition) is 0. The number of rotatable bonds is 5. The summed E-state index contributed by atoms with van der Waals surface area (Å²) in [5.74, 6) is 0. The van der Waals surface area contributed by atoms with Gasteiger partial charge in [0.15, 0.2) is 0 Å². The number of fused-ring (bicyclic) bond motifs is 4. The molecule has 0 fully saturated rings. The molecule has 53 heavy (non-hydrogen) atoms. The van der Waals surface area contributed by atoms with Gasteiger partial charge >= 0.3 is 0 Å². The van der Waals surface area contributed by atoms with E-state index in [1.165, 1.54) is 22.5 Å². The van der Waals surface area contributed by atoms with Crippen LogP contribution in [0.1, 0.15) is 25.0 Å². The summed E-state index contributed by atoms with van der Waals surface area (Å²) in [6.45, 7) is 4.63. The fourth-order valence-corrected chi connectivity index (χ4v) is 8.08. The van der Waals surface area contributed by atoms with E-state index in [-0.39, 0.29) is 5.41 Å². The first-order valence-electron chi connectivity index (χ1n) is 18.0. The summed E-state index contributed by atoms with van der Waals surface area (Å²) in [4.78, 5) is 7.04. The SMILES string of the molecule is CC1(C)c2ccccc2N(c2ccc(-c3cn(-c4ccc(N5c6ccccc6N(c6ccccc6)c6ccccc65)cc4)nn3)cc2)c2ccccc21. The average Bonchev–Trinajstić information content (AvgIpc) is 3.71. The Morgan fingerprint density at radius 3 is 1.26 bits per heavy atom. The average molecular weight is 685 g/mol. The van der Waals surface area contributed by atoms with E-state index in [0.717, 1.165) is 56.8 Å². The van der Waals surface area contributed by atoms with Crippen LogP contribution in [0.25, 0.3) is 16.9 Å². The summed E-state index contributed by atoms with van der Waals surface area (Å²) in [6.07, 6.45) is 2.00. The van der Waals surface area contributed by atoms with E-state index in [1.54, 1.807) is 0 Å². The fourth-order valence-electron chi connectivity index (χ4n) is 8.08. The van der Waals surface area contributed by atoms with Crippen molar-refractivity contribution >= 4 is 51.2 Å². The van der Waals surface area contributed by atoms with Crippen LogP contribution in [0.4, 0.5) is 51.2 Å². The van der Waals surface area contributed by atoms with Gasteiger partial charge in [-0.05, 0) is 96.1 Å². The number of anilines is 9. The molecule has 0 radical (unpaired) electrons. The molecule has 0 atom stereocenters. The highest BCUT2D eigenvalue weighted by atomic mass is 15.4. The van der Waals surface area contributed by atoms with Gasteiger partial charge in [0.05, 0.1) is 46.0 Å². The number of benzene rings is 7. The molecule has 1 aromatic heterocycles. The number of nitrogens with zero attached hydrogens (tertiary/aromatic N) is 6. The molecule has 254 valence electrons. The van der Waals surface area contributed by atoms with E-state index < -0.39 is 0 Å². The number of aromatic nitrogens is 3. The largest absolute Gasteiger partial charge is 0.310 e. The second-order valence-corrected chi connectivity index (χ2v) is 14.1. The van der Waals surface area contributed by atoms with Crippen LogP contribution in [-0.4, -0.2) is 15.0 Å². The van der Waals surface area contributed by atoms with Crippen molar-refractivity contribution in [2.75, 3.05) is 14.7 Å². The third-order valence-corrected chi connectivity index (χ3v) is 10.7. The molecule has 10 rings (SSSR count). The second-order valence-electron chi connectivity index (χ2n) is 14.1. The molecule has 0 saturated carbocycles. The van der Waals surface area contributed by atoms with Crippen molar-refractivity contribution in [3.63, 3.8) is 0 Å². The van der Waals surface area contributed by atoms with Crippen LogP contribution in [-0.2, 0) is 5.41 Å². The molecule has 7 aromatic carbocycles. The van der Waals surface area contributed by atoms with Gasteiger partial charge in [0, 0.05) is 28.0 Å². The Bertz CT molecular complexity index is 2510. The van der Waals surface area contributed by atoms with Crippen molar-refractivity contribution in [3.8, 4) is 16.9 Å². The molecule has 0 N–H and O–H groups in total.